The van der Waals surface area contributed by atoms with Crippen LogP contribution in [-0.2, 0) is 0 Å². The summed E-state index contributed by atoms with van der Waals surface area (Å²) in [7, 11) is 0. The van der Waals surface area contributed by atoms with Crippen LogP contribution in [0.1, 0.15) is 46.0 Å². The maximum Gasteiger partial charge on any atom is 0.0224 e. The van der Waals surface area contributed by atoms with E-state index in [-0.39, 0.29) is 0 Å². The monoisotopic (exact) mass is 253 g/mol. The largest absolute Gasteiger partial charge is 0.317 e. The standard InChI is InChI=1S/C15H31N3/c1-3-8-16-9-4-5-10-17-13-15-7-6-11-18(15)12-14(17)2/h14-16H,3-13H2,1-2H3. The van der Waals surface area contributed by atoms with Gasteiger partial charge in [-0.05, 0) is 65.2 Å². The van der Waals surface area contributed by atoms with Crippen LogP contribution in [0.25, 0.3) is 0 Å². The average Bonchev–Trinajstić information content (AvgIpc) is 2.80. The van der Waals surface area contributed by atoms with Gasteiger partial charge in [-0.3, -0.25) is 9.80 Å². The Labute approximate surface area is 113 Å². The number of piperazine rings is 1. The van der Waals surface area contributed by atoms with Crippen molar-refractivity contribution < 1.29 is 0 Å². The molecule has 2 atom stereocenters. The molecule has 0 aromatic heterocycles. The fraction of sp³-hybridized carbons (Fsp3) is 1.00. The third-order valence-corrected chi connectivity index (χ3v) is 4.54. The molecule has 2 rings (SSSR count). The molecule has 0 spiro atoms. The summed E-state index contributed by atoms with van der Waals surface area (Å²) < 4.78 is 0. The predicted octanol–water partition coefficient (Wildman–Crippen LogP) is 1.93. The Morgan fingerprint density at radius 2 is 2.06 bits per heavy atom. The Bertz CT molecular complexity index is 232. The molecule has 0 aliphatic carbocycles. The molecule has 2 saturated heterocycles. The van der Waals surface area contributed by atoms with Crippen molar-refractivity contribution in [2.75, 3.05) is 39.3 Å². The van der Waals surface area contributed by atoms with Crippen molar-refractivity contribution >= 4 is 0 Å². The van der Waals surface area contributed by atoms with E-state index in [1.54, 1.807) is 0 Å². The molecule has 18 heavy (non-hydrogen) atoms. The molecule has 0 aromatic rings. The van der Waals surface area contributed by atoms with E-state index in [9.17, 15) is 0 Å². The third kappa shape index (κ3) is 3.94. The molecule has 0 aromatic carbocycles. The van der Waals surface area contributed by atoms with Gasteiger partial charge in [0.25, 0.3) is 0 Å². The van der Waals surface area contributed by atoms with E-state index in [2.05, 4.69) is 29.0 Å². The van der Waals surface area contributed by atoms with Gasteiger partial charge in [-0.25, -0.2) is 0 Å². The lowest BCUT2D eigenvalue weighted by Crippen LogP contribution is -2.55. The average molecular weight is 253 g/mol. The maximum absolute atomic E-state index is 3.49. The van der Waals surface area contributed by atoms with Gasteiger partial charge in [-0.15, -0.1) is 0 Å². The summed E-state index contributed by atoms with van der Waals surface area (Å²) in [5.74, 6) is 0. The molecule has 1 N–H and O–H groups in total. The van der Waals surface area contributed by atoms with Gasteiger partial charge in [-0.1, -0.05) is 6.92 Å². The van der Waals surface area contributed by atoms with Crippen molar-refractivity contribution in [1.29, 1.82) is 0 Å². The van der Waals surface area contributed by atoms with Crippen LogP contribution in [0.5, 0.6) is 0 Å². The molecule has 0 saturated carbocycles. The molecule has 3 nitrogen and oxygen atoms in total. The van der Waals surface area contributed by atoms with Crippen LogP contribution in [0.4, 0.5) is 0 Å². The number of fused-ring (bicyclic) bond motifs is 1. The van der Waals surface area contributed by atoms with Gasteiger partial charge in [0, 0.05) is 25.2 Å². The molecule has 2 fully saturated rings. The van der Waals surface area contributed by atoms with E-state index in [4.69, 9.17) is 0 Å². The van der Waals surface area contributed by atoms with Gasteiger partial charge < -0.3 is 5.32 Å². The minimum absolute atomic E-state index is 0.767. The third-order valence-electron chi connectivity index (χ3n) is 4.54. The zero-order chi connectivity index (χ0) is 12.8. The van der Waals surface area contributed by atoms with Crippen molar-refractivity contribution in [3.8, 4) is 0 Å². The molecular formula is C15H31N3. The fourth-order valence-corrected chi connectivity index (χ4v) is 3.43. The summed E-state index contributed by atoms with van der Waals surface area (Å²) in [6, 6.07) is 1.64. The van der Waals surface area contributed by atoms with Crippen LogP contribution in [0.2, 0.25) is 0 Å². The van der Waals surface area contributed by atoms with Crippen molar-refractivity contribution in [2.45, 2.75) is 58.0 Å². The second-order valence-corrected chi connectivity index (χ2v) is 6.09. The zero-order valence-corrected chi connectivity index (χ0v) is 12.3. The summed E-state index contributed by atoms with van der Waals surface area (Å²) in [6.07, 6.45) is 6.79. The number of hydrogen-bond acceptors (Lipinski definition) is 3. The van der Waals surface area contributed by atoms with Gasteiger partial charge >= 0.3 is 0 Å². The topological polar surface area (TPSA) is 18.5 Å². The van der Waals surface area contributed by atoms with Gasteiger partial charge in [0.2, 0.25) is 0 Å². The van der Waals surface area contributed by atoms with Crippen LogP contribution in [0.15, 0.2) is 0 Å². The molecule has 2 unspecified atom stereocenters. The van der Waals surface area contributed by atoms with E-state index in [0.29, 0.717) is 0 Å². The number of hydrogen-bond donors (Lipinski definition) is 1. The van der Waals surface area contributed by atoms with E-state index >= 15 is 0 Å². The molecule has 106 valence electrons. The SMILES string of the molecule is CCCNCCCCN1CC2CCCN2CC1C. The first-order chi connectivity index (χ1) is 8.81. The number of nitrogens with zero attached hydrogens (tertiary/aromatic N) is 2. The second-order valence-electron chi connectivity index (χ2n) is 6.09. The summed E-state index contributed by atoms with van der Waals surface area (Å²) >= 11 is 0. The number of nitrogens with one attached hydrogen (secondary N) is 1. The van der Waals surface area contributed by atoms with E-state index < -0.39 is 0 Å². The molecule has 0 bridgehead atoms. The zero-order valence-electron chi connectivity index (χ0n) is 12.3. The lowest BCUT2D eigenvalue weighted by molar-refractivity contribution is 0.0584. The van der Waals surface area contributed by atoms with Gasteiger partial charge in [0.05, 0.1) is 0 Å². The Kier molecular flexibility index (Phi) is 5.93. The normalized spacial score (nSPS) is 29.7. The van der Waals surface area contributed by atoms with E-state index in [0.717, 1.165) is 12.1 Å². The van der Waals surface area contributed by atoms with Crippen LogP contribution in [0, 0.1) is 0 Å². The Balaban J connectivity index is 1.60. The highest BCUT2D eigenvalue weighted by Crippen LogP contribution is 2.24. The molecule has 0 amide bonds. The summed E-state index contributed by atoms with van der Waals surface area (Å²) in [5.41, 5.74) is 0. The lowest BCUT2D eigenvalue weighted by atomic mass is 10.1. The Morgan fingerprint density at radius 3 is 2.89 bits per heavy atom. The highest BCUT2D eigenvalue weighted by atomic mass is 15.3. The summed E-state index contributed by atoms with van der Waals surface area (Å²) in [5, 5.41) is 3.49. The molecule has 2 aliphatic heterocycles. The Morgan fingerprint density at radius 1 is 1.17 bits per heavy atom. The fourth-order valence-electron chi connectivity index (χ4n) is 3.43. The number of rotatable bonds is 7. The first kappa shape index (κ1) is 14.3. The van der Waals surface area contributed by atoms with Gasteiger partial charge in [0.15, 0.2) is 0 Å². The molecule has 0 radical (unpaired) electrons. The van der Waals surface area contributed by atoms with Crippen molar-refractivity contribution in [1.82, 2.24) is 15.1 Å². The second kappa shape index (κ2) is 7.46. The maximum atomic E-state index is 3.49. The van der Waals surface area contributed by atoms with Crippen LogP contribution < -0.4 is 5.32 Å². The van der Waals surface area contributed by atoms with Crippen molar-refractivity contribution in [3.05, 3.63) is 0 Å². The van der Waals surface area contributed by atoms with Gasteiger partial charge in [0.1, 0.15) is 0 Å². The highest BCUT2D eigenvalue weighted by molar-refractivity contribution is 4.90. The van der Waals surface area contributed by atoms with Gasteiger partial charge in [-0.2, -0.15) is 0 Å². The summed E-state index contributed by atoms with van der Waals surface area (Å²) in [6.45, 7) is 12.3. The summed E-state index contributed by atoms with van der Waals surface area (Å²) in [4.78, 5) is 5.44. The lowest BCUT2D eigenvalue weighted by Gasteiger charge is -2.42. The smallest absolute Gasteiger partial charge is 0.0224 e. The van der Waals surface area contributed by atoms with Crippen LogP contribution in [-0.4, -0.2) is 61.2 Å². The Hall–Kier alpha value is -0.120. The highest BCUT2D eigenvalue weighted by Gasteiger charge is 2.33. The molecule has 2 heterocycles. The van der Waals surface area contributed by atoms with Crippen molar-refractivity contribution in [3.63, 3.8) is 0 Å². The first-order valence-corrected chi connectivity index (χ1v) is 8.00. The first-order valence-electron chi connectivity index (χ1n) is 8.00. The van der Waals surface area contributed by atoms with Crippen molar-refractivity contribution in [2.24, 2.45) is 0 Å². The van der Waals surface area contributed by atoms with E-state index in [1.165, 1.54) is 71.4 Å². The van der Waals surface area contributed by atoms with E-state index in [1.807, 2.05) is 0 Å². The minimum atomic E-state index is 0.767. The van der Waals surface area contributed by atoms with Crippen LogP contribution >= 0.6 is 0 Å². The number of unbranched alkanes of at least 4 members (excludes halogenated alkanes) is 1. The molecule has 3 heteroatoms. The minimum Gasteiger partial charge on any atom is -0.317 e. The quantitative estimate of drug-likeness (QED) is 0.700. The molecular weight excluding hydrogens is 222 g/mol. The molecule has 2 aliphatic rings. The van der Waals surface area contributed by atoms with Crippen LogP contribution in [0.3, 0.4) is 0 Å². The predicted molar refractivity (Wildman–Crippen MR) is 78.0 cm³/mol.